The van der Waals surface area contributed by atoms with Crippen molar-refractivity contribution < 1.29 is 17.9 Å². The molecule has 1 aliphatic heterocycles. The molecule has 2 aromatic heterocycles. The Morgan fingerprint density at radius 3 is 2.76 bits per heavy atom. The number of rotatable bonds is 4. The van der Waals surface area contributed by atoms with Crippen molar-refractivity contribution in [1.82, 2.24) is 24.3 Å². The van der Waals surface area contributed by atoms with Gasteiger partial charge in [0.05, 0.1) is 29.7 Å². The van der Waals surface area contributed by atoms with Gasteiger partial charge >= 0.3 is 6.18 Å². The molecule has 0 fully saturated rings. The van der Waals surface area contributed by atoms with Crippen LogP contribution in [0.25, 0.3) is 5.57 Å². The normalized spacial score (nSPS) is 22.6. The van der Waals surface area contributed by atoms with E-state index in [1.807, 2.05) is 35.9 Å². The summed E-state index contributed by atoms with van der Waals surface area (Å²) < 4.78 is 49.8. The van der Waals surface area contributed by atoms with E-state index in [-0.39, 0.29) is 17.7 Å². The Balaban J connectivity index is 1.39. The van der Waals surface area contributed by atoms with Gasteiger partial charge in [0.1, 0.15) is 6.10 Å². The van der Waals surface area contributed by atoms with E-state index >= 15 is 0 Å². The second kappa shape index (κ2) is 8.18. The number of anilines is 1. The number of imidazole rings is 1. The van der Waals surface area contributed by atoms with E-state index in [1.54, 1.807) is 24.2 Å². The van der Waals surface area contributed by atoms with E-state index in [4.69, 9.17) is 4.74 Å². The Hall–Kier alpha value is -3.40. The quantitative estimate of drug-likeness (QED) is 0.623. The minimum atomic E-state index is -4.41. The third-order valence-electron chi connectivity index (χ3n) is 6.00. The number of halogens is 3. The second-order valence-corrected chi connectivity index (χ2v) is 8.19. The van der Waals surface area contributed by atoms with Gasteiger partial charge in [0.15, 0.2) is 5.82 Å². The first-order chi connectivity index (χ1) is 15.8. The van der Waals surface area contributed by atoms with E-state index in [1.165, 1.54) is 12.1 Å². The van der Waals surface area contributed by atoms with E-state index < -0.39 is 17.8 Å². The number of allylic oxidation sites excluding steroid dienone is 2. The molecule has 0 bridgehead atoms. The van der Waals surface area contributed by atoms with Gasteiger partial charge in [-0.2, -0.15) is 18.2 Å². The smallest absolute Gasteiger partial charge is 0.375 e. The monoisotopic (exact) mass is 456 g/mol. The Kier molecular flexibility index (Phi) is 5.32. The van der Waals surface area contributed by atoms with Crippen molar-refractivity contribution in [2.75, 3.05) is 12.4 Å². The number of nitrogens with one attached hydrogen (secondary N) is 1. The molecule has 1 aliphatic carbocycles. The Bertz CT molecular complexity index is 1230. The summed E-state index contributed by atoms with van der Waals surface area (Å²) in [5.74, 6) is 0.953. The van der Waals surface area contributed by atoms with Crippen LogP contribution in [0.5, 0.6) is 0 Å². The van der Waals surface area contributed by atoms with Crippen LogP contribution in [-0.4, -0.2) is 37.5 Å². The predicted molar refractivity (Wildman–Crippen MR) is 116 cm³/mol. The van der Waals surface area contributed by atoms with Gasteiger partial charge in [0.25, 0.3) is 0 Å². The number of hydrogen-bond acceptors (Lipinski definition) is 5. The summed E-state index contributed by atoms with van der Waals surface area (Å²) in [6.07, 6.45) is 5.46. The van der Waals surface area contributed by atoms with Crippen molar-refractivity contribution in [2.24, 2.45) is 0 Å². The lowest BCUT2D eigenvalue weighted by Crippen LogP contribution is -2.25. The van der Waals surface area contributed by atoms with Gasteiger partial charge in [-0.3, -0.25) is 0 Å². The van der Waals surface area contributed by atoms with Gasteiger partial charge in [-0.1, -0.05) is 30.4 Å². The van der Waals surface area contributed by atoms with Crippen molar-refractivity contribution >= 4 is 11.5 Å². The van der Waals surface area contributed by atoms with Crippen LogP contribution in [0.3, 0.4) is 0 Å². The summed E-state index contributed by atoms with van der Waals surface area (Å²) in [6.45, 7) is 2.40. The largest absolute Gasteiger partial charge is 0.416 e. The van der Waals surface area contributed by atoms with Gasteiger partial charge in [0.2, 0.25) is 5.95 Å². The number of methoxy groups -OCH3 is 1. The first-order valence-electron chi connectivity index (χ1n) is 10.6. The van der Waals surface area contributed by atoms with Gasteiger partial charge in [0, 0.05) is 25.4 Å². The second-order valence-electron chi connectivity index (χ2n) is 8.19. The zero-order valence-electron chi connectivity index (χ0n) is 18.1. The maximum atomic E-state index is 13.5. The highest BCUT2D eigenvalue weighted by Gasteiger charge is 2.36. The van der Waals surface area contributed by atoms with Crippen LogP contribution in [0.1, 0.15) is 41.1 Å². The molecule has 7 nitrogen and oxygen atoms in total. The molecular weight excluding hydrogens is 433 g/mol. The molecule has 0 radical (unpaired) electrons. The van der Waals surface area contributed by atoms with E-state index in [0.29, 0.717) is 24.7 Å². The third kappa shape index (κ3) is 4.06. The fourth-order valence-corrected chi connectivity index (χ4v) is 4.37. The molecule has 3 aromatic rings. The Morgan fingerprint density at radius 1 is 1.21 bits per heavy atom. The van der Waals surface area contributed by atoms with Crippen LogP contribution in [0, 0.1) is 6.92 Å². The molecule has 5 rings (SSSR count). The summed E-state index contributed by atoms with van der Waals surface area (Å²) in [5.41, 5.74) is 1.31. The van der Waals surface area contributed by atoms with E-state index in [0.717, 1.165) is 17.3 Å². The lowest BCUT2D eigenvalue weighted by atomic mass is 9.97. The van der Waals surface area contributed by atoms with Crippen molar-refractivity contribution in [3.05, 3.63) is 77.7 Å². The summed E-state index contributed by atoms with van der Waals surface area (Å²) in [6, 6.07) is 5.12. The van der Waals surface area contributed by atoms with Gasteiger partial charge in [-0.05, 0) is 31.1 Å². The topological polar surface area (TPSA) is 69.8 Å². The van der Waals surface area contributed by atoms with Crippen molar-refractivity contribution in [3.8, 4) is 0 Å². The number of ether oxygens (including phenoxy) is 1. The number of hydrogen-bond donors (Lipinski definition) is 1. The van der Waals surface area contributed by atoms with Crippen molar-refractivity contribution in [3.63, 3.8) is 0 Å². The summed E-state index contributed by atoms with van der Waals surface area (Å²) >= 11 is 0. The maximum Gasteiger partial charge on any atom is 0.416 e. The van der Waals surface area contributed by atoms with Crippen LogP contribution in [0.15, 0.2) is 55.0 Å². The Labute approximate surface area is 188 Å². The van der Waals surface area contributed by atoms with Crippen molar-refractivity contribution in [2.45, 2.75) is 44.3 Å². The molecule has 1 aromatic carbocycles. The lowest BCUT2D eigenvalue weighted by molar-refractivity contribution is -0.138. The number of nitrogens with zero attached hydrogens (tertiary/aromatic N) is 5. The number of aryl methyl sites for hydroxylation is 2. The molecule has 0 amide bonds. The van der Waals surface area contributed by atoms with Crippen LogP contribution in [0.2, 0.25) is 0 Å². The lowest BCUT2D eigenvalue weighted by Gasteiger charge is -2.27. The highest BCUT2D eigenvalue weighted by Crippen LogP contribution is 2.38. The molecule has 3 unspecified atom stereocenters. The number of benzene rings is 1. The average molecular weight is 456 g/mol. The average Bonchev–Trinajstić information content (AvgIpc) is 3.43. The fraction of sp³-hybridized carbons (Fsp3) is 0.348. The molecule has 2 aliphatic rings. The molecule has 172 valence electrons. The SMILES string of the molecule is COC1C=C(c2nc3n(n2)CCC(c2ccccc2C(F)(F)F)N3)C=CC1n1cnc(C)c1. The first kappa shape index (κ1) is 21.4. The standard InChI is InChI=1S/C23H23F3N6O/c1-14-12-31(13-27-14)19-8-7-15(11-20(19)33-2)21-29-22-28-18(9-10-32(22)30-21)16-5-3-4-6-17(16)23(24,25)26/h3-8,11-13,18-20H,9-10H2,1-2H3,(H,28,29,30). The minimum absolute atomic E-state index is 0.0430. The maximum absolute atomic E-state index is 13.5. The molecule has 0 saturated heterocycles. The van der Waals surface area contributed by atoms with Crippen LogP contribution >= 0.6 is 0 Å². The van der Waals surface area contributed by atoms with E-state index in [2.05, 4.69) is 20.4 Å². The van der Waals surface area contributed by atoms with E-state index in [9.17, 15) is 13.2 Å². The number of alkyl halides is 3. The summed E-state index contributed by atoms with van der Waals surface area (Å²) in [4.78, 5) is 8.86. The minimum Gasteiger partial charge on any atom is -0.375 e. The zero-order valence-corrected chi connectivity index (χ0v) is 18.1. The molecule has 10 heteroatoms. The molecule has 0 spiro atoms. The van der Waals surface area contributed by atoms with Crippen LogP contribution in [-0.2, 0) is 17.5 Å². The van der Waals surface area contributed by atoms with Crippen molar-refractivity contribution in [1.29, 1.82) is 0 Å². The highest BCUT2D eigenvalue weighted by molar-refractivity contribution is 5.72. The molecule has 3 heterocycles. The molecule has 3 atom stereocenters. The molecule has 33 heavy (non-hydrogen) atoms. The number of fused-ring (bicyclic) bond motifs is 1. The predicted octanol–water partition coefficient (Wildman–Crippen LogP) is 4.57. The van der Waals surface area contributed by atoms with Gasteiger partial charge in [-0.25, -0.2) is 9.67 Å². The number of aromatic nitrogens is 5. The first-order valence-corrected chi connectivity index (χ1v) is 10.6. The zero-order chi connectivity index (χ0) is 23.2. The highest BCUT2D eigenvalue weighted by atomic mass is 19.4. The molecular formula is C23H23F3N6O. The van der Waals surface area contributed by atoms with Gasteiger partial charge < -0.3 is 14.6 Å². The van der Waals surface area contributed by atoms with Gasteiger partial charge in [-0.15, -0.1) is 5.10 Å². The molecule has 0 saturated carbocycles. The molecule has 1 N–H and O–H groups in total. The summed E-state index contributed by atoms with van der Waals surface area (Å²) in [5, 5.41) is 7.71. The Morgan fingerprint density at radius 2 is 2.03 bits per heavy atom. The third-order valence-corrected chi connectivity index (χ3v) is 6.00. The van der Waals surface area contributed by atoms with Crippen LogP contribution < -0.4 is 5.32 Å². The fourth-order valence-electron chi connectivity index (χ4n) is 4.37. The summed E-state index contributed by atoms with van der Waals surface area (Å²) in [7, 11) is 1.64. The van der Waals surface area contributed by atoms with Crippen LogP contribution in [0.4, 0.5) is 19.1 Å².